The van der Waals surface area contributed by atoms with Crippen LogP contribution in [-0.2, 0) is 14.8 Å². The molecule has 72 valence electrons. The normalized spacial score (nSPS) is 11.1. The van der Waals surface area contributed by atoms with Gasteiger partial charge in [-0.1, -0.05) is 22.5 Å². The summed E-state index contributed by atoms with van der Waals surface area (Å²) in [6, 6.07) is 0. The van der Waals surface area contributed by atoms with Gasteiger partial charge < -0.3 is 4.74 Å². The van der Waals surface area contributed by atoms with Gasteiger partial charge in [-0.3, -0.25) is 0 Å². The van der Waals surface area contributed by atoms with Crippen LogP contribution in [0.15, 0.2) is 12.8 Å². The highest BCUT2D eigenvalue weighted by Crippen LogP contribution is 1.91. The van der Waals surface area contributed by atoms with E-state index in [1.807, 2.05) is 0 Å². The zero-order valence-electron chi connectivity index (χ0n) is 6.62. The van der Waals surface area contributed by atoms with Gasteiger partial charge in [-0.2, -0.15) is 0 Å². The van der Waals surface area contributed by atoms with Crippen LogP contribution in [0, 0.1) is 0 Å². The maximum Gasteiger partial charge on any atom is 0.221 e. The van der Waals surface area contributed by atoms with Crippen LogP contribution in [0.4, 0.5) is 0 Å². The van der Waals surface area contributed by atoms with E-state index in [0.29, 0.717) is 19.6 Å². The molecule has 0 saturated carbocycles. The van der Waals surface area contributed by atoms with Crippen molar-refractivity contribution in [3.05, 3.63) is 12.8 Å². The Kier molecular flexibility index (Phi) is 6.41. The molecule has 0 radical (unpaired) electrons. The molecule has 0 fully saturated rings. The Balaban J connectivity index is 3.37. The number of alkyl halides is 1. The van der Waals surface area contributed by atoms with Gasteiger partial charge in [0, 0.05) is 6.54 Å². The minimum atomic E-state index is -3.12. The molecule has 0 rings (SSSR count). The summed E-state index contributed by atoms with van der Waals surface area (Å²) in [5.41, 5.74) is 0. The zero-order chi connectivity index (χ0) is 9.45. The molecule has 0 aromatic rings. The number of rotatable bonds is 7. The topological polar surface area (TPSA) is 55.4 Å². The van der Waals surface area contributed by atoms with Gasteiger partial charge >= 0.3 is 0 Å². The summed E-state index contributed by atoms with van der Waals surface area (Å²) in [4.78, 5) is 0. The molecule has 0 aliphatic carbocycles. The van der Waals surface area contributed by atoms with Crippen LogP contribution in [0.1, 0.15) is 6.42 Å². The van der Waals surface area contributed by atoms with Gasteiger partial charge in [0.1, 0.15) is 4.66 Å². The molecule has 0 aromatic heterocycles. The number of hydrogen-bond donors (Lipinski definition) is 1. The SMILES string of the molecule is C=COCCCNS(=O)(=O)CBr. The van der Waals surface area contributed by atoms with E-state index in [9.17, 15) is 8.42 Å². The molecule has 0 atom stereocenters. The molecule has 0 aromatic carbocycles. The first kappa shape index (κ1) is 11.9. The second-order valence-corrected chi connectivity index (χ2v) is 5.12. The third-order valence-corrected chi connectivity index (χ3v) is 3.76. The monoisotopic (exact) mass is 257 g/mol. The summed E-state index contributed by atoms with van der Waals surface area (Å²) in [6.45, 7) is 4.23. The Morgan fingerprint density at radius 2 is 2.25 bits per heavy atom. The molecule has 0 amide bonds. The molecule has 4 nitrogen and oxygen atoms in total. The van der Waals surface area contributed by atoms with E-state index < -0.39 is 10.0 Å². The van der Waals surface area contributed by atoms with E-state index >= 15 is 0 Å². The smallest absolute Gasteiger partial charge is 0.221 e. The molecule has 0 aliphatic rings. The summed E-state index contributed by atoms with van der Waals surface area (Å²) in [7, 11) is -3.12. The van der Waals surface area contributed by atoms with Gasteiger partial charge in [0.15, 0.2) is 0 Å². The van der Waals surface area contributed by atoms with Crippen molar-refractivity contribution >= 4 is 26.0 Å². The molecule has 0 bridgehead atoms. The first-order chi connectivity index (χ1) is 5.62. The predicted molar refractivity (Wildman–Crippen MR) is 51.5 cm³/mol. The lowest BCUT2D eigenvalue weighted by molar-refractivity contribution is 0.247. The van der Waals surface area contributed by atoms with Crippen molar-refractivity contribution in [2.75, 3.05) is 17.8 Å². The van der Waals surface area contributed by atoms with Gasteiger partial charge in [-0.05, 0) is 6.42 Å². The second kappa shape index (κ2) is 6.45. The number of sulfonamides is 1. The van der Waals surface area contributed by atoms with Crippen LogP contribution in [0.5, 0.6) is 0 Å². The van der Waals surface area contributed by atoms with Crippen molar-refractivity contribution in [2.24, 2.45) is 0 Å². The number of hydrogen-bond acceptors (Lipinski definition) is 3. The molecule has 1 N–H and O–H groups in total. The average Bonchev–Trinajstić information content (AvgIpc) is 2.04. The van der Waals surface area contributed by atoms with Gasteiger partial charge in [0.2, 0.25) is 10.0 Å². The third-order valence-electron chi connectivity index (χ3n) is 1.02. The molecule has 0 aliphatic heterocycles. The molecule has 0 spiro atoms. The lowest BCUT2D eigenvalue weighted by Crippen LogP contribution is -2.25. The van der Waals surface area contributed by atoms with Crippen molar-refractivity contribution in [3.8, 4) is 0 Å². The Bertz CT molecular complexity index is 215. The average molecular weight is 258 g/mol. The van der Waals surface area contributed by atoms with Gasteiger partial charge in [-0.25, -0.2) is 13.1 Å². The van der Waals surface area contributed by atoms with Crippen LogP contribution >= 0.6 is 15.9 Å². The second-order valence-electron chi connectivity index (χ2n) is 2.01. The molecule has 0 heterocycles. The van der Waals surface area contributed by atoms with Crippen LogP contribution < -0.4 is 4.72 Å². The number of halogens is 1. The Hall–Kier alpha value is -0.0700. The van der Waals surface area contributed by atoms with Crippen LogP contribution in [0.3, 0.4) is 0 Å². The maximum atomic E-state index is 10.8. The number of ether oxygens (including phenoxy) is 1. The summed E-state index contributed by atoms with van der Waals surface area (Å²) in [5.74, 6) is 0. The third kappa shape index (κ3) is 6.63. The summed E-state index contributed by atoms with van der Waals surface area (Å²) in [5, 5.41) is 0. The summed E-state index contributed by atoms with van der Waals surface area (Å²) in [6.07, 6.45) is 1.97. The molecule has 0 unspecified atom stereocenters. The largest absolute Gasteiger partial charge is 0.502 e. The van der Waals surface area contributed by atoms with Crippen molar-refractivity contribution in [2.45, 2.75) is 6.42 Å². The van der Waals surface area contributed by atoms with Crippen molar-refractivity contribution < 1.29 is 13.2 Å². The summed E-state index contributed by atoms with van der Waals surface area (Å²) >= 11 is 2.86. The fraction of sp³-hybridized carbons (Fsp3) is 0.667. The standard InChI is InChI=1S/C6H12BrNO3S/c1-2-11-5-3-4-8-12(9,10)6-7/h2,8H,1,3-6H2. The van der Waals surface area contributed by atoms with E-state index in [2.05, 4.69) is 27.2 Å². The summed E-state index contributed by atoms with van der Waals surface area (Å²) < 4.78 is 28.7. The minimum absolute atomic E-state index is 0.0671. The lowest BCUT2D eigenvalue weighted by Gasteiger charge is -2.02. The van der Waals surface area contributed by atoms with Crippen LogP contribution in [0.25, 0.3) is 0 Å². The first-order valence-electron chi connectivity index (χ1n) is 3.38. The van der Waals surface area contributed by atoms with E-state index in [1.165, 1.54) is 6.26 Å². The van der Waals surface area contributed by atoms with E-state index in [4.69, 9.17) is 4.74 Å². The molecular weight excluding hydrogens is 246 g/mol. The van der Waals surface area contributed by atoms with Gasteiger partial charge in [0.05, 0.1) is 12.9 Å². The lowest BCUT2D eigenvalue weighted by atomic mass is 10.5. The Morgan fingerprint density at radius 3 is 2.75 bits per heavy atom. The molecular formula is C6H12BrNO3S. The van der Waals surface area contributed by atoms with Crippen molar-refractivity contribution in [1.82, 2.24) is 4.72 Å². The highest BCUT2D eigenvalue weighted by atomic mass is 79.9. The predicted octanol–water partition coefficient (Wildman–Crippen LogP) is 0.808. The number of nitrogens with one attached hydrogen (secondary N) is 1. The maximum absolute atomic E-state index is 10.8. The highest BCUT2D eigenvalue weighted by Gasteiger charge is 2.04. The first-order valence-corrected chi connectivity index (χ1v) is 6.15. The van der Waals surface area contributed by atoms with E-state index in [-0.39, 0.29) is 4.66 Å². The Labute approximate surface area is 81.2 Å². The van der Waals surface area contributed by atoms with Crippen molar-refractivity contribution in [3.63, 3.8) is 0 Å². The highest BCUT2D eigenvalue weighted by molar-refractivity contribution is 9.10. The van der Waals surface area contributed by atoms with Crippen LogP contribution in [-0.4, -0.2) is 26.2 Å². The quantitative estimate of drug-likeness (QED) is 0.417. The van der Waals surface area contributed by atoms with E-state index in [0.717, 1.165) is 0 Å². The minimum Gasteiger partial charge on any atom is -0.502 e. The Morgan fingerprint density at radius 1 is 1.58 bits per heavy atom. The van der Waals surface area contributed by atoms with Crippen LogP contribution in [0.2, 0.25) is 0 Å². The van der Waals surface area contributed by atoms with Crippen molar-refractivity contribution in [1.29, 1.82) is 0 Å². The van der Waals surface area contributed by atoms with E-state index in [1.54, 1.807) is 0 Å². The zero-order valence-corrected chi connectivity index (χ0v) is 9.03. The van der Waals surface area contributed by atoms with Gasteiger partial charge in [-0.15, -0.1) is 0 Å². The molecule has 12 heavy (non-hydrogen) atoms. The van der Waals surface area contributed by atoms with Gasteiger partial charge in [0.25, 0.3) is 0 Å². The molecule has 0 saturated heterocycles. The fourth-order valence-electron chi connectivity index (χ4n) is 0.505. The molecule has 6 heteroatoms. The fourth-order valence-corrected chi connectivity index (χ4v) is 1.52.